The summed E-state index contributed by atoms with van der Waals surface area (Å²) in [5, 5.41) is 9.08. The fourth-order valence-electron chi connectivity index (χ4n) is 1.37. The summed E-state index contributed by atoms with van der Waals surface area (Å²) in [7, 11) is 0. The molecule has 0 atom stereocenters. The molecule has 0 radical (unpaired) electrons. The minimum absolute atomic E-state index is 0.0505. The zero-order chi connectivity index (χ0) is 13.3. The van der Waals surface area contributed by atoms with Crippen molar-refractivity contribution >= 4 is 5.97 Å². The number of aliphatic carboxylic acids is 1. The van der Waals surface area contributed by atoms with Crippen molar-refractivity contribution in [3.8, 4) is 0 Å². The van der Waals surface area contributed by atoms with Crippen LogP contribution in [-0.2, 0) is 16.6 Å². The molecule has 0 aliphatic rings. The van der Waals surface area contributed by atoms with Crippen molar-refractivity contribution in [1.82, 2.24) is 9.97 Å². The predicted octanol–water partition coefficient (Wildman–Crippen LogP) is 2.43. The summed E-state index contributed by atoms with van der Waals surface area (Å²) < 4.78 is 0. The average molecular weight is 236 g/mol. The molecule has 1 aromatic rings. The van der Waals surface area contributed by atoms with Gasteiger partial charge < -0.3 is 5.11 Å². The van der Waals surface area contributed by atoms with Crippen molar-refractivity contribution in [2.24, 2.45) is 5.41 Å². The van der Waals surface area contributed by atoms with Crippen LogP contribution in [0.25, 0.3) is 0 Å². The van der Waals surface area contributed by atoms with E-state index in [0.29, 0.717) is 12.2 Å². The molecule has 0 aliphatic heterocycles. The molecule has 1 N–H and O–H groups in total. The fraction of sp³-hybridized carbons (Fsp3) is 0.615. The first kappa shape index (κ1) is 13.6. The first-order valence-electron chi connectivity index (χ1n) is 5.69. The molecule has 0 amide bonds. The van der Waals surface area contributed by atoms with Crippen LogP contribution in [0.4, 0.5) is 0 Å². The van der Waals surface area contributed by atoms with Crippen molar-refractivity contribution in [1.29, 1.82) is 0 Å². The fourth-order valence-corrected chi connectivity index (χ4v) is 1.37. The largest absolute Gasteiger partial charge is 0.481 e. The zero-order valence-electron chi connectivity index (χ0n) is 11.1. The van der Waals surface area contributed by atoms with Gasteiger partial charge in [0.05, 0.1) is 5.41 Å². The summed E-state index contributed by atoms with van der Waals surface area (Å²) in [5.74, 6) is -0.243. The molecule has 4 nitrogen and oxygen atoms in total. The molecule has 94 valence electrons. The lowest BCUT2D eigenvalue weighted by molar-refractivity contribution is -0.146. The molecule has 0 saturated heterocycles. The summed E-state index contributed by atoms with van der Waals surface area (Å²) in [6, 6.07) is 1.87. The minimum atomic E-state index is -0.837. The van der Waals surface area contributed by atoms with Gasteiger partial charge in [0.15, 0.2) is 0 Å². The molecule has 0 aliphatic carbocycles. The summed E-state index contributed by atoms with van der Waals surface area (Å²) in [5.41, 5.74) is 0.0466. The molecule has 0 unspecified atom stereocenters. The number of carboxylic acid groups (broad SMARTS) is 1. The van der Waals surface area contributed by atoms with Crippen LogP contribution in [0.3, 0.4) is 0 Å². The van der Waals surface area contributed by atoms with Crippen LogP contribution in [0.15, 0.2) is 12.3 Å². The van der Waals surface area contributed by atoms with Gasteiger partial charge in [0.25, 0.3) is 0 Å². The molecule has 0 spiro atoms. The normalized spacial score (nSPS) is 12.5. The van der Waals surface area contributed by atoms with Gasteiger partial charge in [-0.05, 0) is 19.9 Å². The Morgan fingerprint density at radius 2 is 1.88 bits per heavy atom. The Morgan fingerprint density at radius 1 is 1.29 bits per heavy atom. The second-order valence-electron chi connectivity index (χ2n) is 5.97. The molecular weight excluding hydrogens is 216 g/mol. The van der Waals surface area contributed by atoms with E-state index in [0.717, 1.165) is 5.69 Å². The van der Waals surface area contributed by atoms with E-state index in [1.54, 1.807) is 20.0 Å². The van der Waals surface area contributed by atoms with Crippen LogP contribution in [0.5, 0.6) is 0 Å². The Morgan fingerprint density at radius 3 is 2.35 bits per heavy atom. The highest BCUT2D eigenvalue weighted by Gasteiger charge is 2.29. The Balaban J connectivity index is 2.98. The van der Waals surface area contributed by atoms with Gasteiger partial charge in [-0.3, -0.25) is 4.79 Å². The molecular formula is C13H20N2O2. The van der Waals surface area contributed by atoms with E-state index < -0.39 is 11.4 Å². The first-order valence-corrected chi connectivity index (χ1v) is 5.69. The summed E-state index contributed by atoms with van der Waals surface area (Å²) in [4.78, 5) is 19.6. The predicted molar refractivity (Wildman–Crippen MR) is 65.9 cm³/mol. The van der Waals surface area contributed by atoms with Crippen LogP contribution >= 0.6 is 0 Å². The summed E-state index contributed by atoms with van der Waals surface area (Å²) >= 11 is 0. The van der Waals surface area contributed by atoms with Gasteiger partial charge in [0.2, 0.25) is 0 Å². The third-order valence-electron chi connectivity index (χ3n) is 2.65. The first-order chi connectivity index (χ1) is 7.63. The maximum atomic E-state index is 11.1. The van der Waals surface area contributed by atoms with Gasteiger partial charge >= 0.3 is 5.97 Å². The van der Waals surface area contributed by atoms with Crippen molar-refractivity contribution < 1.29 is 9.90 Å². The molecule has 1 rings (SSSR count). The summed E-state index contributed by atoms with van der Waals surface area (Å²) in [6.45, 7) is 9.58. The number of hydrogen-bond acceptors (Lipinski definition) is 3. The standard InChI is InChI=1S/C13H20N2O2/c1-12(2,3)9-6-7-14-10(15-9)8-13(4,5)11(16)17/h6-7H,8H2,1-5H3,(H,16,17). The quantitative estimate of drug-likeness (QED) is 0.875. The van der Waals surface area contributed by atoms with E-state index in [2.05, 4.69) is 30.7 Å². The highest BCUT2D eigenvalue weighted by molar-refractivity contribution is 5.73. The molecule has 17 heavy (non-hydrogen) atoms. The maximum Gasteiger partial charge on any atom is 0.309 e. The van der Waals surface area contributed by atoms with Crippen molar-refractivity contribution in [3.63, 3.8) is 0 Å². The number of nitrogens with zero attached hydrogens (tertiary/aromatic N) is 2. The molecule has 4 heteroatoms. The minimum Gasteiger partial charge on any atom is -0.481 e. The van der Waals surface area contributed by atoms with Gasteiger partial charge in [-0.1, -0.05) is 20.8 Å². The Labute approximate surface area is 102 Å². The molecule has 0 fully saturated rings. The number of rotatable bonds is 3. The van der Waals surface area contributed by atoms with Crippen LogP contribution in [0.2, 0.25) is 0 Å². The molecule has 0 aromatic carbocycles. The van der Waals surface area contributed by atoms with Crippen molar-refractivity contribution in [2.75, 3.05) is 0 Å². The van der Waals surface area contributed by atoms with E-state index >= 15 is 0 Å². The number of hydrogen-bond donors (Lipinski definition) is 1. The zero-order valence-corrected chi connectivity index (χ0v) is 11.1. The van der Waals surface area contributed by atoms with Crippen LogP contribution in [-0.4, -0.2) is 21.0 Å². The van der Waals surface area contributed by atoms with E-state index in [1.165, 1.54) is 0 Å². The van der Waals surface area contributed by atoms with Gasteiger partial charge in [0, 0.05) is 23.7 Å². The molecule has 1 aromatic heterocycles. The highest BCUT2D eigenvalue weighted by Crippen LogP contribution is 2.23. The van der Waals surface area contributed by atoms with Gasteiger partial charge in [0.1, 0.15) is 5.82 Å². The lowest BCUT2D eigenvalue weighted by atomic mass is 9.88. The Bertz CT molecular complexity index is 420. The van der Waals surface area contributed by atoms with Gasteiger partial charge in [-0.15, -0.1) is 0 Å². The topological polar surface area (TPSA) is 63.1 Å². The van der Waals surface area contributed by atoms with E-state index in [4.69, 9.17) is 5.11 Å². The van der Waals surface area contributed by atoms with Crippen LogP contribution in [0, 0.1) is 5.41 Å². The van der Waals surface area contributed by atoms with E-state index in [1.807, 2.05) is 6.07 Å². The third-order valence-corrected chi connectivity index (χ3v) is 2.65. The molecule has 0 saturated carbocycles. The monoisotopic (exact) mass is 236 g/mol. The van der Waals surface area contributed by atoms with Gasteiger partial charge in [-0.2, -0.15) is 0 Å². The maximum absolute atomic E-state index is 11.1. The lowest BCUT2D eigenvalue weighted by Crippen LogP contribution is -2.27. The molecule has 0 bridgehead atoms. The highest BCUT2D eigenvalue weighted by atomic mass is 16.4. The van der Waals surface area contributed by atoms with E-state index in [-0.39, 0.29) is 5.41 Å². The summed E-state index contributed by atoms with van der Waals surface area (Å²) in [6.07, 6.45) is 2.03. The Kier molecular flexibility index (Phi) is 3.55. The lowest BCUT2D eigenvalue weighted by Gasteiger charge is -2.21. The number of carboxylic acids is 1. The number of carbonyl (C=O) groups is 1. The van der Waals surface area contributed by atoms with Gasteiger partial charge in [-0.25, -0.2) is 9.97 Å². The smallest absolute Gasteiger partial charge is 0.309 e. The Hall–Kier alpha value is -1.45. The van der Waals surface area contributed by atoms with Crippen molar-refractivity contribution in [3.05, 3.63) is 23.8 Å². The third kappa shape index (κ3) is 3.51. The number of aromatic nitrogens is 2. The molecule has 1 heterocycles. The second kappa shape index (κ2) is 4.43. The van der Waals surface area contributed by atoms with E-state index in [9.17, 15) is 4.79 Å². The average Bonchev–Trinajstić information content (AvgIpc) is 2.15. The van der Waals surface area contributed by atoms with Crippen LogP contribution in [0.1, 0.15) is 46.1 Å². The van der Waals surface area contributed by atoms with Crippen LogP contribution < -0.4 is 0 Å². The second-order valence-corrected chi connectivity index (χ2v) is 5.97. The SMILES string of the molecule is CC(C)(Cc1nccc(C(C)(C)C)n1)C(=O)O. The van der Waals surface area contributed by atoms with Crippen molar-refractivity contribution in [2.45, 2.75) is 46.5 Å².